The first kappa shape index (κ1) is 14.1. The lowest BCUT2D eigenvalue weighted by Crippen LogP contribution is -2.19. The van der Waals surface area contributed by atoms with E-state index in [-0.39, 0.29) is 12.2 Å². The summed E-state index contributed by atoms with van der Waals surface area (Å²) in [6.07, 6.45) is 1.60. The lowest BCUT2D eigenvalue weighted by Gasteiger charge is -2.06. The largest absolute Gasteiger partial charge is 0.463 e. The standard InChI is InChI=1S/C14H16O4/c1-2-18-13(16)10-6-9-12(15)14(17)11-7-4-3-5-8-11/h3-8,10,12,15H,2,9H2,1H3/b10-6+. The third kappa shape index (κ3) is 4.51. The van der Waals surface area contributed by atoms with Gasteiger partial charge in [-0.2, -0.15) is 0 Å². The molecule has 96 valence electrons. The molecule has 0 saturated heterocycles. The highest BCUT2D eigenvalue weighted by molar-refractivity contribution is 5.99. The molecule has 0 aliphatic carbocycles. The van der Waals surface area contributed by atoms with E-state index in [1.54, 1.807) is 37.3 Å². The van der Waals surface area contributed by atoms with Gasteiger partial charge in [0.15, 0.2) is 5.78 Å². The molecule has 1 atom stereocenters. The van der Waals surface area contributed by atoms with Gasteiger partial charge < -0.3 is 9.84 Å². The topological polar surface area (TPSA) is 63.6 Å². The summed E-state index contributed by atoms with van der Waals surface area (Å²) in [7, 11) is 0. The number of esters is 1. The van der Waals surface area contributed by atoms with E-state index < -0.39 is 12.1 Å². The third-order valence-corrected chi connectivity index (χ3v) is 2.26. The van der Waals surface area contributed by atoms with Crippen LogP contribution in [0.4, 0.5) is 0 Å². The van der Waals surface area contributed by atoms with Crippen molar-refractivity contribution in [3.63, 3.8) is 0 Å². The number of Topliss-reactive ketones (excluding diaryl/α,β-unsaturated/α-hetero) is 1. The van der Waals surface area contributed by atoms with E-state index in [1.165, 1.54) is 12.2 Å². The zero-order valence-electron chi connectivity index (χ0n) is 10.2. The van der Waals surface area contributed by atoms with E-state index in [0.717, 1.165) is 0 Å². The summed E-state index contributed by atoms with van der Waals surface area (Å²) in [5.74, 6) is -0.832. The molecular formula is C14H16O4. The molecule has 0 bridgehead atoms. The van der Waals surface area contributed by atoms with Gasteiger partial charge in [-0.1, -0.05) is 36.4 Å². The molecule has 18 heavy (non-hydrogen) atoms. The van der Waals surface area contributed by atoms with Crippen LogP contribution in [0.15, 0.2) is 42.5 Å². The number of hydrogen-bond acceptors (Lipinski definition) is 4. The van der Waals surface area contributed by atoms with Gasteiger partial charge in [-0.15, -0.1) is 0 Å². The number of carbonyl (C=O) groups is 2. The highest BCUT2D eigenvalue weighted by atomic mass is 16.5. The van der Waals surface area contributed by atoms with Crippen LogP contribution in [-0.2, 0) is 9.53 Å². The number of benzene rings is 1. The van der Waals surface area contributed by atoms with Crippen molar-refractivity contribution in [3.05, 3.63) is 48.0 Å². The molecular weight excluding hydrogens is 232 g/mol. The van der Waals surface area contributed by atoms with Gasteiger partial charge in [0.25, 0.3) is 0 Å². The predicted octanol–water partition coefficient (Wildman–Crippen LogP) is 1.74. The average molecular weight is 248 g/mol. The summed E-state index contributed by atoms with van der Waals surface area (Å²) in [4.78, 5) is 22.7. The van der Waals surface area contributed by atoms with Crippen molar-refractivity contribution in [2.75, 3.05) is 6.61 Å². The molecule has 1 aromatic rings. The van der Waals surface area contributed by atoms with Gasteiger partial charge in [-0.25, -0.2) is 4.79 Å². The summed E-state index contributed by atoms with van der Waals surface area (Å²) in [6, 6.07) is 8.54. The van der Waals surface area contributed by atoms with E-state index in [2.05, 4.69) is 4.74 Å². The number of ether oxygens (including phenoxy) is 1. The molecule has 0 aliphatic rings. The molecule has 0 amide bonds. The van der Waals surface area contributed by atoms with Gasteiger partial charge in [-0.05, 0) is 13.3 Å². The van der Waals surface area contributed by atoms with Crippen molar-refractivity contribution in [3.8, 4) is 0 Å². The zero-order valence-corrected chi connectivity index (χ0v) is 10.2. The Morgan fingerprint density at radius 3 is 2.61 bits per heavy atom. The first-order valence-corrected chi connectivity index (χ1v) is 5.75. The van der Waals surface area contributed by atoms with Gasteiger partial charge in [-0.3, -0.25) is 4.79 Å². The number of hydrogen-bond donors (Lipinski definition) is 1. The molecule has 0 aliphatic heterocycles. The molecule has 0 fully saturated rings. The van der Waals surface area contributed by atoms with Gasteiger partial charge in [0.2, 0.25) is 0 Å². The number of rotatable bonds is 6. The predicted molar refractivity (Wildman–Crippen MR) is 67.2 cm³/mol. The summed E-state index contributed by atoms with van der Waals surface area (Å²) in [5, 5.41) is 9.66. The van der Waals surface area contributed by atoms with Gasteiger partial charge in [0.1, 0.15) is 6.10 Å². The van der Waals surface area contributed by atoms with E-state index in [9.17, 15) is 14.7 Å². The minimum atomic E-state index is -1.14. The summed E-state index contributed by atoms with van der Waals surface area (Å²) in [6.45, 7) is 2.01. The van der Waals surface area contributed by atoms with E-state index in [0.29, 0.717) is 12.2 Å². The average Bonchev–Trinajstić information content (AvgIpc) is 2.39. The van der Waals surface area contributed by atoms with E-state index >= 15 is 0 Å². The molecule has 0 radical (unpaired) electrons. The van der Waals surface area contributed by atoms with Crippen molar-refractivity contribution in [2.24, 2.45) is 0 Å². The monoisotopic (exact) mass is 248 g/mol. The Balaban J connectivity index is 2.49. The molecule has 0 heterocycles. The minimum Gasteiger partial charge on any atom is -0.463 e. The Bertz CT molecular complexity index is 423. The molecule has 0 saturated carbocycles. The van der Waals surface area contributed by atoms with Crippen LogP contribution in [-0.4, -0.2) is 29.6 Å². The Morgan fingerprint density at radius 2 is 2.00 bits per heavy atom. The van der Waals surface area contributed by atoms with Crippen molar-refractivity contribution in [2.45, 2.75) is 19.4 Å². The maximum absolute atomic E-state index is 11.7. The Morgan fingerprint density at radius 1 is 1.33 bits per heavy atom. The van der Waals surface area contributed by atoms with Crippen LogP contribution in [0.3, 0.4) is 0 Å². The fraction of sp³-hybridized carbons (Fsp3) is 0.286. The lowest BCUT2D eigenvalue weighted by molar-refractivity contribution is -0.137. The minimum absolute atomic E-state index is 0.0898. The smallest absolute Gasteiger partial charge is 0.330 e. The lowest BCUT2D eigenvalue weighted by atomic mass is 10.0. The molecule has 0 spiro atoms. The highest BCUT2D eigenvalue weighted by Gasteiger charge is 2.15. The quantitative estimate of drug-likeness (QED) is 0.473. The number of carbonyl (C=O) groups excluding carboxylic acids is 2. The van der Waals surface area contributed by atoms with Gasteiger partial charge in [0.05, 0.1) is 6.61 Å². The molecule has 1 unspecified atom stereocenters. The van der Waals surface area contributed by atoms with Crippen LogP contribution < -0.4 is 0 Å². The number of aliphatic hydroxyl groups is 1. The Kier molecular flexibility index (Phi) is 5.80. The highest BCUT2D eigenvalue weighted by Crippen LogP contribution is 2.06. The van der Waals surface area contributed by atoms with Crippen LogP contribution in [0, 0.1) is 0 Å². The fourth-order valence-corrected chi connectivity index (χ4v) is 1.39. The van der Waals surface area contributed by atoms with Crippen molar-refractivity contribution in [1.82, 2.24) is 0 Å². The van der Waals surface area contributed by atoms with Gasteiger partial charge >= 0.3 is 5.97 Å². The SMILES string of the molecule is CCOC(=O)/C=C/CC(O)C(=O)c1ccccc1. The Labute approximate surface area is 106 Å². The second kappa shape index (κ2) is 7.40. The zero-order chi connectivity index (χ0) is 13.4. The fourth-order valence-electron chi connectivity index (χ4n) is 1.39. The molecule has 4 nitrogen and oxygen atoms in total. The third-order valence-electron chi connectivity index (χ3n) is 2.26. The molecule has 1 N–H and O–H groups in total. The van der Waals surface area contributed by atoms with Crippen LogP contribution in [0.2, 0.25) is 0 Å². The van der Waals surface area contributed by atoms with Crippen LogP contribution in [0.1, 0.15) is 23.7 Å². The summed E-state index contributed by atoms with van der Waals surface area (Å²) < 4.78 is 4.68. The molecule has 1 aromatic carbocycles. The van der Waals surface area contributed by atoms with Crippen LogP contribution >= 0.6 is 0 Å². The van der Waals surface area contributed by atoms with Crippen molar-refractivity contribution in [1.29, 1.82) is 0 Å². The van der Waals surface area contributed by atoms with Gasteiger partial charge in [0, 0.05) is 11.6 Å². The molecule has 0 aromatic heterocycles. The first-order valence-electron chi connectivity index (χ1n) is 5.75. The number of aliphatic hydroxyl groups excluding tert-OH is 1. The second-order valence-corrected chi connectivity index (χ2v) is 3.64. The maximum atomic E-state index is 11.7. The van der Waals surface area contributed by atoms with E-state index in [1.807, 2.05) is 0 Å². The summed E-state index contributed by atoms with van der Waals surface area (Å²) in [5.41, 5.74) is 0.453. The molecule has 1 rings (SSSR count). The first-order chi connectivity index (χ1) is 8.65. The second-order valence-electron chi connectivity index (χ2n) is 3.64. The van der Waals surface area contributed by atoms with E-state index in [4.69, 9.17) is 0 Å². The molecule has 4 heteroatoms. The normalized spacial score (nSPS) is 12.3. The van der Waals surface area contributed by atoms with Crippen LogP contribution in [0.5, 0.6) is 0 Å². The maximum Gasteiger partial charge on any atom is 0.330 e. The van der Waals surface area contributed by atoms with Crippen molar-refractivity contribution >= 4 is 11.8 Å². The van der Waals surface area contributed by atoms with Crippen LogP contribution in [0.25, 0.3) is 0 Å². The Hall–Kier alpha value is -1.94. The summed E-state index contributed by atoms with van der Waals surface area (Å²) >= 11 is 0. The number of ketones is 1. The van der Waals surface area contributed by atoms with Crippen molar-refractivity contribution < 1.29 is 19.4 Å².